The number of fused-ring (bicyclic) bond motifs is 3. The third-order valence-corrected chi connectivity index (χ3v) is 7.18. The van der Waals surface area contributed by atoms with Gasteiger partial charge in [-0.1, -0.05) is 24.3 Å². The molecule has 194 valence electrons. The van der Waals surface area contributed by atoms with E-state index in [1.165, 1.54) is 24.3 Å². The highest BCUT2D eigenvalue weighted by atomic mass is 19.4. The van der Waals surface area contributed by atoms with Gasteiger partial charge < -0.3 is 19.9 Å². The van der Waals surface area contributed by atoms with Gasteiger partial charge in [0.25, 0.3) is 0 Å². The molecule has 0 bridgehead atoms. The summed E-state index contributed by atoms with van der Waals surface area (Å²) < 4.78 is 59.2. The lowest BCUT2D eigenvalue weighted by atomic mass is 9.82. The van der Waals surface area contributed by atoms with Gasteiger partial charge in [0.15, 0.2) is 0 Å². The van der Waals surface area contributed by atoms with Gasteiger partial charge in [-0.25, -0.2) is 4.39 Å². The molecule has 2 aliphatic rings. The van der Waals surface area contributed by atoms with Crippen LogP contribution in [-0.2, 0) is 23.9 Å². The standard InChI is InChI=1S/C28H27F4N3O2/c1-37-26-5-3-2-4-24(26)34-12-13-35-23-11-8-20(28(30,31)32)14-19(23)15-22(25(35)17-34)27(36)33-16-18-6-9-21(29)10-7-18/h2-11,14,22,25H,12-13,15-17H2,1H3,(H,33,36)/t22-,25-/m1/s1. The molecule has 3 aromatic rings. The monoisotopic (exact) mass is 513 g/mol. The minimum atomic E-state index is -4.46. The fraction of sp³-hybridized carbons (Fsp3) is 0.321. The summed E-state index contributed by atoms with van der Waals surface area (Å²) in [5, 5.41) is 2.92. The number of piperazine rings is 1. The number of amides is 1. The van der Waals surface area contributed by atoms with Crippen molar-refractivity contribution in [1.82, 2.24) is 5.32 Å². The number of nitrogens with zero attached hydrogens (tertiary/aromatic N) is 2. The van der Waals surface area contributed by atoms with Gasteiger partial charge in [-0.3, -0.25) is 4.79 Å². The van der Waals surface area contributed by atoms with Gasteiger partial charge in [-0.15, -0.1) is 0 Å². The van der Waals surface area contributed by atoms with E-state index in [4.69, 9.17) is 4.74 Å². The maximum absolute atomic E-state index is 13.5. The first-order valence-electron chi connectivity index (χ1n) is 12.1. The molecule has 0 spiro atoms. The molecule has 0 aromatic heterocycles. The molecule has 0 unspecified atom stereocenters. The van der Waals surface area contributed by atoms with Gasteiger partial charge in [0.1, 0.15) is 11.6 Å². The quantitative estimate of drug-likeness (QED) is 0.486. The summed E-state index contributed by atoms with van der Waals surface area (Å²) in [5.41, 5.74) is 2.18. The van der Waals surface area contributed by atoms with Gasteiger partial charge >= 0.3 is 6.18 Å². The first-order valence-corrected chi connectivity index (χ1v) is 12.1. The van der Waals surface area contributed by atoms with E-state index < -0.39 is 17.7 Å². The van der Waals surface area contributed by atoms with Crippen LogP contribution in [0.4, 0.5) is 28.9 Å². The van der Waals surface area contributed by atoms with Crippen molar-refractivity contribution in [3.63, 3.8) is 0 Å². The summed E-state index contributed by atoms with van der Waals surface area (Å²) in [6.45, 7) is 1.88. The Kier molecular flexibility index (Phi) is 6.70. The number of para-hydroxylation sites is 2. The highest BCUT2D eigenvalue weighted by Crippen LogP contribution is 2.41. The predicted octanol–water partition coefficient (Wildman–Crippen LogP) is 5.04. The SMILES string of the molecule is COc1ccccc1N1CCN2c3ccc(C(F)(F)F)cc3C[C@@H](C(=O)NCc3ccc(F)cc3)[C@H]2C1. The largest absolute Gasteiger partial charge is 0.495 e. The molecule has 5 nitrogen and oxygen atoms in total. The third kappa shape index (κ3) is 5.08. The van der Waals surface area contributed by atoms with E-state index >= 15 is 0 Å². The number of benzene rings is 3. The molecule has 1 N–H and O–H groups in total. The molecule has 0 radical (unpaired) electrons. The number of methoxy groups -OCH3 is 1. The number of alkyl halides is 3. The number of carbonyl (C=O) groups excluding carboxylic acids is 1. The Morgan fingerprint density at radius 2 is 1.78 bits per heavy atom. The molecule has 1 amide bonds. The van der Waals surface area contributed by atoms with E-state index in [2.05, 4.69) is 15.1 Å². The van der Waals surface area contributed by atoms with Crippen LogP contribution >= 0.6 is 0 Å². The van der Waals surface area contributed by atoms with Crippen LogP contribution in [0.5, 0.6) is 5.75 Å². The zero-order valence-electron chi connectivity index (χ0n) is 20.3. The van der Waals surface area contributed by atoms with Crippen LogP contribution < -0.4 is 19.9 Å². The number of ether oxygens (including phenoxy) is 1. The first kappa shape index (κ1) is 24.9. The van der Waals surface area contributed by atoms with Gasteiger partial charge in [-0.05, 0) is 60.0 Å². The van der Waals surface area contributed by atoms with E-state index in [1.54, 1.807) is 19.2 Å². The zero-order valence-corrected chi connectivity index (χ0v) is 20.3. The van der Waals surface area contributed by atoms with Gasteiger partial charge in [0.2, 0.25) is 5.91 Å². The average molecular weight is 514 g/mol. The first-order chi connectivity index (χ1) is 17.7. The maximum Gasteiger partial charge on any atom is 0.416 e. The second-order valence-corrected chi connectivity index (χ2v) is 9.37. The summed E-state index contributed by atoms with van der Waals surface area (Å²) in [4.78, 5) is 17.7. The van der Waals surface area contributed by atoms with Gasteiger partial charge in [0.05, 0.1) is 30.3 Å². The minimum Gasteiger partial charge on any atom is -0.495 e. The van der Waals surface area contributed by atoms with Crippen LogP contribution in [0, 0.1) is 11.7 Å². The minimum absolute atomic E-state index is 0.190. The van der Waals surface area contributed by atoms with Crippen LogP contribution in [0.3, 0.4) is 0 Å². The topological polar surface area (TPSA) is 44.8 Å². The number of halogens is 4. The van der Waals surface area contributed by atoms with Crippen molar-refractivity contribution < 1.29 is 27.1 Å². The van der Waals surface area contributed by atoms with Crippen LogP contribution in [0.15, 0.2) is 66.7 Å². The van der Waals surface area contributed by atoms with Gasteiger partial charge in [-0.2, -0.15) is 13.2 Å². The average Bonchev–Trinajstić information content (AvgIpc) is 2.91. The lowest BCUT2D eigenvalue weighted by molar-refractivity contribution is -0.137. The fourth-order valence-electron chi connectivity index (χ4n) is 5.33. The Bertz CT molecular complexity index is 1280. The molecule has 2 heterocycles. The van der Waals surface area contributed by atoms with Crippen molar-refractivity contribution in [1.29, 1.82) is 0 Å². The molecule has 3 aromatic carbocycles. The van der Waals surface area contributed by atoms with Crippen molar-refractivity contribution in [3.05, 3.63) is 89.2 Å². The van der Waals surface area contributed by atoms with Crippen LogP contribution in [0.25, 0.3) is 0 Å². The van der Waals surface area contributed by atoms with Crippen molar-refractivity contribution >= 4 is 17.3 Å². The molecule has 37 heavy (non-hydrogen) atoms. The Balaban J connectivity index is 1.45. The van der Waals surface area contributed by atoms with E-state index in [0.717, 1.165) is 28.8 Å². The number of hydrogen-bond acceptors (Lipinski definition) is 4. The van der Waals surface area contributed by atoms with Crippen molar-refractivity contribution in [2.45, 2.75) is 25.2 Å². The van der Waals surface area contributed by atoms with E-state index in [1.807, 2.05) is 24.3 Å². The maximum atomic E-state index is 13.5. The molecule has 1 fully saturated rings. The van der Waals surface area contributed by atoms with E-state index in [-0.39, 0.29) is 30.7 Å². The summed E-state index contributed by atoms with van der Waals surface area (Å²) in [7, 11) is 1.61. The number of hydrogen-bond donors (Lipinski definition) is 1. The number of rotatable bonds is 5. The van der Waals surface area contributed by atoms with Gasteiger partial charge in [0, 0.05) is 31.9 Å². The van der Waals surface area contributed by atoms with Crippen LogP contribution in [0.1, 0.15) is 16.7 Å². The Morgan fingerprint density at radius 3 is 2.51 bits per heavy atom. The summed E-state index contributed by atoms with van der Waals surface area (Å²) >= 11 is 0. The molecule has 2 aliphatic heterocycles. The number of carbonyl (C=O) groups is 1. The number of anilines is 2. The summed E-state index contributed by atoms with van der Waals surface area (Å²) in [5.74, 6) is -0.466. The molecule has 9 heteroatoms. The van der Waals surface area contributed by atoms with Crippen molar-refractivity contribution in [3.8, 4) is 5.75 Å². The smallest absolute Gasteiger partial charge is 0.416 e. The molecule has 1 saturated heterocycles. The summed E-state index contributed by atoms with van der Waals surface area (Å²) in [6.07, 6.45) is -4.27. The Labute approximate surface area is 212 Å². The van der Waals surface area contributed by atoms with Crippen LogP contribution in [-0.4, -0.2) is 38.7 Å². The van der Waals surface area contributed by atoms with E-state index in [9.17, 15) is 22.4 Å². The lowest BCUT2D eigenvalue weighted by Crippen LogP contribution is -2.61. The fourth-order valence-corrected chi connectivity index (χ4v) is 5.33. The Morgan fingerprint density at radius 1 is 1.03 bits per heavy atom. The summed E-state index contributed by atoms with van der Waals surface area (Å²) in [6, 6.07) is 17.0. The van der Waals surface area contributed by atoms with Crippen molar-refractivity contribution in [2.24, 2.45) is 5.92 Å². The van der Waals surface area contributed by atoms with Crippen LogP contribution in [0.2, 0.25) is 0 Å². The number of nitrogens with one attached hydrogen (secondary N) is 1. The molecule has 2 atom stereocenters. The second kappa shape index (κ2) is 9.95. The normalized spacial score (nSPS) is 19.2. The predicted molar refractivity (Wildman–Crippen MR) is 133 cm³/mol. The second-order valence-electron chi connectivity index (χ2n) is 9.37. The molecular formula is C28H27F4N3O2. The lowest BCUT2D eigenvalue weighted by Gasteiger charge is -2.49. The molecule has 0 aliphatic carbocycles. The molecular weight excluding hydrogens is 486 g/mol. The zero-order chi connectivity index (χ0) is 26.2. The van der Waals surface area contributed by atoms with E-state index in [0.29, 0.717) is 25.2 Å². The molecule has 0 saturated carbocycles. The Hall–Kier alpha value is -3.75. The third-order valence-electron chi connectivity index (χ3n) is 7.18. The molecule has 5 rings (SSSR count). The highest BCUT2D eigenvalue weighted by molar-refractivity contribution is 5.82. The van der Waals surface area contributed by atoms with Crippen molar-refractivity contribution in [2.75, 3.05) is 36.5 Å². The highest BCUT2D eigenvalue weighted by Gasteiger charge is 2.43.